The highest BCUT2D eigenvalue weighted by Gasteiger charge is 2.28. The van der Waals surface area contributed by atoms with Crippen molar-refractivity contribution in [3.63, 3.8) is 0 Å². The average molecular weight is 347 g/mol. The van der Waals surface area contributed by atoms with Gasteiger partial charge in [0.1, 0.15) is 4.88 Å². The quantitative estimate of drug-likeness (QED) is 0.869. The summed E-state index contributed by atoms with van der Waals surface area (Å²) < 4.78 is 10.6. The minimum Gasteiger partial charge on any atom is -0.477 e. The summed E-state index contributed by atoms with van der Waals surface area (Å²) in [6.45, 7) is 0.658. The number of carboxylic acids is 1. The highest BCUT2D eigenvalue weighted by Crippen LogP contribution is 2.31. The van der Waals surface area contributed by atoms with Gasteiger partial charge in [-0.25, -0.2) is 4.79 Å². The molecule has 24 heavy (non-hydrogen) atoms. The van der Waals surface area contributed by atoms with Crippen molar-refractivity contribution in [1.29, 1.82) is 0 Å². The molecule has 7 heteroatoms. The normalized spacial score (nSPS) is 16.5. The Bertz CT molecular complexity index is 770. The van der Waals surface area contributed by atoms with Gasteiger partial charge in [0.15, 0.2) is 6.10 Å². The van der Waals surface area contributed by atoms with Gasteiger partial charge in [-0.2, -0.15) is 0 Å². The lowest BCUT2D eigenvalue weighted by molar-refractivity contribution is -0.128. The van der Waals surface area contributed by atoms with Crippen LogP contribution in [0.5, 0.6) is 0 Å². The molecule has 2 aromatic rings. The topological polar surface area (TPSA) is 84.9 Å². The standard InChI is InChI=1S/C17H17NO5S/c1-22-9-11-8-13(24-15(11)17(20)21)18-16(19)14-12-5-3-2-4-10(12)6-7-23-14/h2-5,8,14H,6-7,9H2,1H3,(H,18,19)(H,20,21). The molecule has 0 spiro atoms. The third-order valence-corrected chi connectivity index (χ3v) is 4.86. The van der Waals surface area contributed by atoms with Crippen molar-refractivity contribution >= 4 is 28.2 Å². The van der Waals surface area contributed by atoms with Crippen LogP contribution < -0.4 is 5.32 Å². The van der Waals surface area contributed by atoms with Crippen LogP contribution in [0.4, 0.5) is 5.00 Å². The minimum atomic E-state index is -1.04. The number of methoxy groups -OCH3 is 1. The number of rotatable bonds is 5. The Labute approximate surface area is 143 Å². The Hall–Kier alpha value is -2.22. The lowest BCUT2D eigenvalue weighted by Gasteiger charge is -2.24. The van der Waals surface area contributed by atoms with Crippen LogP contribution in [0.1, 0.15) is 32.5 Å². The molecule has 2 N–H and O–H groups in total. The predicted octanol–water partition coefficient (Wildman–Crippen LogP) is 2.85. The molecule has 1 amide bonds. The molecule has 1 aliphatic heterocycles. The van der Waals surface area contributed by atoms with E-state index < -0.39 is 12.1 Å². The summed E-state index contributed by atoms with van der Waals surface area (Å²) >= 11 is 1.01. The van der Waals surface area contributed by atoms with E-state index in [2.05, 4.69) is 5.32 Å². The second kappa shape index (κ2) is 7.12. The maximum Gasteiger partial charge on any atom is 0.346 e. The maximum absolute atomic E-state index is 12.6. The third-order valence-electron chi connectivity index (χ3n) is 3.78. The molecule has 0 fully saturated rings. The first-order chi connectivity index (χ1) is 11.6. The van der Waals surface area contributed by atoms with Crippen LogP contribution in [-0.2, 0) is 27.3 Å². The Morgan fingerprint density at radius 3 is 2.96 bits per heavy atom. The van der Waals surface area contributed by atoms with Crippen LogP contribution in [0, 0.1) is 0 Å². The highest BCUT2D eigenvalue weighted by atomic mass is 32.1. The lowest BCUT2D eigenvalue weighted by atomic mass is 9.97. The first kappa shape index (κ1) is 16.6. The first-order valence-corrected chi connectivity index (χ1v) is 8.27. The Morgan fingerprint density at radius 2 is 2.21 bits per heavy atom. The molecular weight excluding hydrogens is 330 g/mol. The Balaban J connectivity index is 1.81. The molecule has 0 radical (unpaired) electrons. The maximum atomic E-state index is 12.6. The molecule has 2 heterocycles. The van der Waals surface area contributed by atoms with E-state index in [-0.39, 0.29) is 17.4 Å². The molecule has 1 aromatic carbocycles. The largest absolute Gasteiger partial charge is 0.477 e. The number of carboxylic acid groups (broad SMARTS) is 1. The number of thiophene rings is 1. The predicted molar refractivity (Wildman–Crippen MR) is 89.5 cm³/mol. The van der Waals surface area contributed by atoms with E-state index in [0.717, 1.165) is 28.9 Å². The van der Waals surface area contributed by atoms with Gasteiger partial charge in [0.05, 0.1) is 18.2 Å². The van der Waals surface area contributed by atoms with Crippen molar-refractivity contribution in [2.75, 3.05) is 19.0 Å². The lowest BCUT2D eigenvalue weighted by Crippen LogP contribution is -2.28. The van der Waals surface area contributed by atoms with E-state index in [1.807, 2.05) is 24.3 Å². The monoisotopic (exact) mass is 347 g/mol. The summed E-state index contributed by atoms with van der Waals surface area (Å²) in [4.78, 5) is 24.0. The Kier molecular flexibility index (Phi) is 4.94. The molecule has 0 saturated heterocycles. The van der Waals surface area contributed by atoms with E-state index >= 15 is 0 Å². The molecular formula is C17H17NO5S. The summed E-state index contributed by atoms with van der Waals surface area (Å²) in [6, 6.07) is 9.31. The van der Waals surface area contributed by atoms with Crippen LogP contribution >= 0.6 is 11.3 Å². The molecule has 1 aliphatic rings. The average Bonchev–Trinajstić information content (AvgIpc) is 2.97. The molecule has 1 unspecified atom stereocenters. The van der Waals surface area contributed by atoms with Gasteiger partial charge in [-0.3, -0.25) is 4.79 Å². The molecule has 1 atom stereocenters. The zero-order valence-electron chi connectivity index (χ0n) is 13.1. The molecule has 0 aliphatic carbocycles. The molecule has 0 saturated carbocycles. The molecule has 126 valence electrons. The molecule has 1 aromatic heterocycles. The van der Waals surface area contributed by atoms with Crippen molar-refractivity contribution < 1.29 is 24.2 Å². The summed E-state index contributed by atoms with van der Waals surface area (Å²) in [7, 11) is 1.49. The van der Waals surface area contributed by atoms with Gasteiger partial charge in [-0.1, -0.05) is 24.3 Å². The number of fused-ring (bicyclic) bond motifs is 1. The number of ether oxygens (including phenoxy) is 2. The highest BCUT2D eigenvalue weighted by molar-refractivity contribution is 7.18. The van der Waals surface area contributed by atoms with Crippen molar-refractivity contribution in [2.45, 2.75) is 19.1 Å². The fraction of sp³-hybridized carbons (Fsp3) is 0.294. The fourth-order valence-corrected chi connectivity index (χ4v) is 3.64. The van der Waals surface area contributed by atoms with Crippen molar-refractivity contribution in [3.8, 4) is 0 Å². The van der Waals surface area contributed by atoms with Crippen molar-refractivity contribution in [2.24, 2.45) is 0 Å². The number of aromatic carboxylic acids is 1. The Morgan fingerprint density at radius 1 is 1.42 bits per heavy atom. The van der Waals surface area contributed by atoms with E-state index in [1.54, 1.807) is 6.07 Å². The minimum absolute atomic E-state index is 0.164. The third kappa shape index (κ3) is 3.33. The number of nitrogens with one attached hydrogen (secondary N) is 1. The van der Waals surface area contributed by atoms with Gasteiger partial charge in [-0.05, 0) is 23.6 Å². The number of hydrogen-bond donors (Lipinski definition) is 2. The van der Waals surface area contributed by atoms with Gasteiger partial charge in [0.2, 0.25) is 0 Å². The second-order valence-electron chi connectivity index (χ2n) is 5.39. The molecule has 6 nitrogen and oxygen atoms in total. The summed E-state index contributed by atoms with van der Waals surface area (Å²) in [5.41, 5.74) is 2.49. The number of carbonyl (C=O) groups excluding carboxylic acids is 1. The van der Waals surface area contributed by atoms with E-state index in [4.69, 9.17) is 9.47 Å². The number of carbonyl (C=O) groups is 2. The SMILES string of the molecule is COCc1cc(NC(=O)C2OCCc3ccccc32)sc1C(=O)O. The van der Waals surface area contributed by atoms with Gasteiger partial charge < -0.3 is 19.9 Å². The number of hydrogen-bond acceptors (Lipinski definition) is 5. The smallest absolute Gasteiger partial charge is 0.346 e. The number of anilines is 1. The van der Waals surface area contributed by atoms with Gasteiger partial charge in [0, 0.05) is 12.7 Å². The van der Waals surface area contributed by atoms with Crippen LogP contribution in [0.25, 0.3) is 0 Å². The zero-order valence-corrected chi connectivity index (χ0v) is 13.9. The first-order valence-electron chi connectivity index (χ1n) is 7.45. The van der Waals surface area contributed by atoms with Gasteiger partial charge in [-0.15, -0.1) is 11.3 Å². The van der Waals surface area contributed by atoms with Crippen LogP contribution in [0.15, 0.2) is 30.3 Å². The van der Waals surface area contributed by atoms with E-state index in [0.29, 0.717) is 17.2 Å². The summed E-state index contributed by atoms with van der Waals surface area (Å²) in [5.74, 6) is -1.34. The number of benzene rings is 1. The van der Waals surface area contributed by atoms with E-state index in [1.165, 1.54) is 7.11 Å². The molecule has 0 bridgehead atoms. The fourth-order valence-electron chi connectivity index (χ4n) is 2.73. The van der Waals surface area contributed by atoms with Crippen molar-refractivity contribution in [3.05, 3.63) is 51.9 Å². The summed E-state index contributed by atoms with van der Waals surface area (Å²) in [5, 5.41) is 12.5. The van der Waals surface area contributed by atoms with Crippen LogP contribution in [-0.4, -0.2) is 30.7 Å². The van der Waals surface area contributed by atoms with Gasteiger partial charge in [0.25, 0.3) is 5.91 Å². The summed E-state index contributed by atoms with van der Waals surface area (Å²) in [6.07, 6.45) is 0.0938. The van der Waals surface area contributed by atoms with E-state index in [9.17, 15) is 14.7 Å². The molecule has 3 rings (SSSR count). The van der Waals surface area contributed by atoms with Gasteiger partial charge >= 0.3 is 5.97 Å². The second-order valence-corrected chi connectivity index (χ2v) is 6.44. The number of amides is 1. The van der Waals surface area contributed by atoms with Crippen LogP contribution in [0.2, 0.25) is 0 Å². The van der Waals surface area contributed by atoms with Crippen molar-refractivity contribution in [1.82, 2.24) is 0 Å². The zero-order chi connectivity index (χ0) is 17.1. The van der Waals surface area contributed by atoms with Crippen LogP contribution in [0.3, 0.4) is 0 Å².